The highest BCUT2D eigenvalue weighted by Gasteiger charge is 2.25. The van der Waals surface area contributed by atoms with Crippen LogP contribution in [0.4, 0.5) is 5.82 Å². The van der Waals surface area contributed by atoms with Crippen LogP contribution in [0, 0.1) is 6.92 Å². The lowest BCUT2D eigenvalue weighted by molar-refractivity contribution is 0.0527. The molecule has 0 aliphatic rings. The van der Waals surface area contributed by atoms with E-state index in [1.807, 2.05) is 0 Å². The zero-order valence-electron chi connectivity index (χ0n) is 10.4. The molecule has 8 heteroatoms. The van der Waals surface area contributed by atoms with Gasteiger partial charge in [0.05, 0.1) is 12.3 Å². The smallest absolute Gasteiger partial charge is 0.343 e. The Hall–Kier alpha value is -2.22. The second kappa shape index (κ2) is 5.19. The molecule has 0 saturated heterocycles. The SMILES string of the molecule is CCOC(=O)c1c(C)nn(C(=O)c2nccs2)c1N. The Kier molecular flexibility index (Phi) is 3.61. The Morgan fingerprint density at radius 2 is 2.26 bits per heavy atom. The average molecular weight is 280 g/mol. The number of carbonyl (C=O) groups excluding carboxylic acids is 2. The topological polar surface area (TPSA) is 100 Å². The largest absolute Gasteiger partial charge is 0.462 e. The number of aryl methyl sites for hydroxylation is 1. The van der Waals surface area contributed by atoms with E-state index in [1.54, 1.807) is 19.2 Å². The van der Waals surface area contributed by atoms with Gasteiger partial charge in [0.25, 0.3) is 0 Å². The van der Waals surface area contributed by atoms with Crippen LogP contribution in [0.2, 0.25) is 0 Å². The van der Waals surface area contributed by atoms with Crippen LogP contribution in [-0.4, -0.2) is 33.2 Å². The third kappa shape index (κ3) is 2.34. The molecule has 0 spiro atoms. The summed E-state index contributed by atoms with van der Waals surface area (Å²) >= 11 is 1.18. The number of thiazole rings is 1. The molecular formula is C11H12N4O3S. The van der Waals surface area contributed by atoms with E-state index in [-0.39, 0.29) is 23.0 Å². The second-order valence-electron chi connectivity index (χ2n) is 3.62. The molecule has 2 aromatic heterocycles. The molecule has 0 saturated carbocycles. The lowest BCUT2D eigenvalue weighted by Gasteiger charge is -2.02. The molecule has 0 unspecified atom stereocenters. The number of hydrogen-bond acceptors (Lipinski definition) is 7. The number of hydrogen-bond donors (Lipinski definition) is 1. The summed E-state index contributed by atoms with van der Waals surface area (Å²) in [6.45, 7) is 3.51. The molecule has 0 bridgehead atoms. The highest BCUT2D eigenvalue weighted by atomic mass is 32.1. The zero-order valence-corrected chi connectivity index (χ0v) is 11.2. The van der Waals surface area contributed by atoms with Gasteiger partial charge in [0.2, 0.25) is 0 Å². The van der Waals surface area contributed by atoms with Gasteiger partial charge in [-0.3, -0.25) is 4.79 Å². The van der Waals surface area contributed by atoms with Crippen LogP contribution < -0.4 is 5.73 Å². The van der Waals surface area contributed by atoms with Crippen molar-refractivity contribution < 1.29 is 14.3 Å². The van der Waals surface area contributed by atoms with Gasteiger partial charge in [0.15, 0.2) is 5.01 Å². The van der Waals surface area contributed by atoms with Gasteiger partial charge in [-0.15, -0.1) is 11.3 Å². The molecular weight excluding hydrogens is 268 g/mol. The molecule has 0 amide bonds. The third-order valence-corrected chi connectivity index (χ3v) is 3.14. The number of nitrogens with zero attached hydrogens (tertiary/aromatic N) is 3. The molecule has 0 aliphatic heterocycles. The summed E-state index contributed by atoms with van der Waals surface area (Å²) in [5.74, 6) is -1.09. The Morgan fingerprint density at radius 1 is 1.53 bits per heavy atom. The van der Waals surface area contributed by atoms with Gasteiger partial charge < -0.3 is 10.5 Å². The molecule has 0 atom stereocenters. The number of anilines is 1. The summed E-state index contributed by atoms with van der Waals surface area (Å²) in [5, 5.41) is 5.90. The minimum atomic E-state index is -0.587. The summed E-state index contributed by atoms with van der Waals surface area (Å²) in [5.41, 5.74) is 6.26. The number of aromatic nitrogens is 3. The first-order valence-electron chi connectivity index (χ1n) is 5.52. The molecule has 7 nitrogen and oxygen atoms in total. The van der Waals surface area contributed by atoms with Crippen molar-refractivity contribution in [3.05, 3.63) is 27.8 Å². The van der Waals surface area contributed by atoms with E-state index in [4.69, 9.17) is 10.5 Å². The molecule has 100 valence electrons. The molecule has 2 aromatic rings. The van der Waals surface area contributed by atoms with Crippen LogP contribution in [-0.2, 0) is 4.74 Å². The fraction of sp³-hybridized carbons (Fsp3) is 0.273. The Morgan fingerprint density at radius 3 is 2.84 bits per heavy atom. The van der Waals surface area contributed by atoms with E-state index in [0.717, 1.165) is 4.68 Å². The molecule has 0 aromatic carbocycles. The Bertz CT molecular complexity index is 618. The van der Waals surface area contributed by atoms with E-state index in [1.165, 1.54) is 17.5 Å². The van der Waals surface area contributed by atoms with E-state index in [0.29, 0.717) is 5.69 Å². The van der Waals surface area contributed by atoms with E-state index >= 15 is 0 Å². The first-order valence-corrected chi connectivity index (χ1v) is 6.40. The normalized spacial score (nSPS) is 10.4. The van der Waals surface area contributed by atoms with Crippen LogP contribution >= 0.6 is 11.3 Å². The van der Waals surface area contributed by atoms with E-state index in [2.05, 4.69) is 10.1 Å². The summed E-state index contributed by atoms with van der Waals surface area (Å²) in [4.78, 5) is 27.7. The van der Waals surface area contributed by atoms with Crippen molar-refractivity contribution in [2.45, 2.75) is 13.8 Å². The van der Waals surface area contributed by atoms with Gasteiger partial charge in [-0.25, -0.2) is 9.78 Å². The summed E-state index contributed by atoms with van der Waals surface area (Å²) in [6.07, 6.45) is 1.51. The highest BCUT2D eigenvalue weighted by molar-refractivity contribution is 7.11. The third-order valence-electron chi connectivity index (χ3n) is 2.38. The number of ether oxygens (including phenoxy) is 1. The standard InChI is InChI=1S/C11H12N4O3S/c1-3-18-11(17)7-6(2)14-15(8(7)12)10(16)9-13-4-5-19-9/h4-5H,3,12H2,1-2H3. The van der Waals surface area contributed by atoms with E-state index < -0.39 is 11.9 Å². The van der Waals surface area contributed by atoms with Crippen molar-refractivity contribution in [1.29, 1.82) is 0 Å². The van der Waals surface area contributed by atoms with Crippen molar-refractivity contribution in [2.75, 3.05) is 12.3 Å². The van der Waals surface area contributed by atoms with Crippen LogP contribution in [0.1, 0.15) is 32.8 Å². The molecule has 2 heterocycles. The maximum Gasteiger partial charge on any atom is 0.343 e. The van der Waals surface area contributed by atoms with Gasteiger partial charge in [-0.1, -0.05) is 0 Å². The second-order valence-corrected chi connectivity index (χ2v) is 4.51. The quantitative estimate of drug-likeness (QED) is 0.845. The fourth-order valence-electron chi connectivity index (χ4n) is 1.58. The van der Waals surface area contributed by atoms with Crippen LogP contribution in [0.3, 0.4) is 0 Å². The van der Waals surface area contributed by atoms with Crippen LogP contribution in [0.15, 0.2) is 11.6 Å². The lowest BCUT2D eigenvalue weighted by Crippen LogP contribution is -2.17. The molecule has 0 fully saturated rings. The van der Waals surface area contributed by atoms with Crippen molar-refractivity contribution in [3.63, 3.8) is 0 Å². The van der Waals surface area contributed by atoms with E-state index in [9.17, 15) is 9.59 Å². The predicted octanol–water partition coefficient (Wildman–Crippen LogP) is 1.10. The predicted molar refractivity (Wildman–Crippen MR) is 69.2 cm³/mol. The maximum absolute atomic E-state index is 12.1. The monoisotopic (exact) mass is 280 g/mol. The van der Waals surface area contributed by atoms with Gasteiger partial charge in [-0.05, 0) is 13.8 Å². The highest BCUT2D eigenvalue weighted by Crippen LogP contribution is 2.19. The van der Waals surface area contributed by atoms with Crippen molar-refractivity contribution >= 4 is 29.0 Å². The summed E-state index contributed by atoms with van der Waals surface area (Å²) < 4.78 is 5.85. The average Bonchev–Trinajstić information content (AvgIpc) is 2.97. The molecule has 19 heavy (non-hydrogen) atoms. The number of carbonyl (C=O) groups is 2. The molecule has 0 aliphatic carbocycles. The Labute approximate surface area is 113 Å². The molecule has 0 radical (unpaired) electrons. The van der Waals surface area contributed by atoms with Gasteiger partial charge in [0.1, 0.15) is 11.4 Å². The number of nitrogens with two attached hydrogens (primary N) is 1. The van der Waals surface area contributed by atoms with Crippen LogP contribution in [0.5, 0.6) is 0 Å². The minimum Gasteiger partial charge on any atom is -0.462 e. The number of rotatable bonds is 3. The lowest BCUT2D eigenvalue weighted by atomic mass is 10.2. The number of nitrogen functional groups attached to an aromatic ring is 1. The summed E-state index contributed by atoms with van der Waals surface area (Å²) in [6, 6.07) is 0. The minimum absolute atomic E-state index is 0.0313. The van der Waals surface area contributed by atoms with Crippen molar-refractivity contribution in [3.8, 4) is 0 Å². The maximum atomic E-state index is 12.1. The van der Waals surface area contributed by atoms with Crippen molar-refractivity contribution in [2.24, 2.45) is 0 Å². The van der Waals surface area contributed by atoms with Crippen molar-refractivity contribution in [1.82, 2.24) is 14.8 Å². The first kappa shape index (κ1) is 13.2. The van der Waals surface area contributed by atoms with Gasteiger partial charge in [-0.2, -0.15) is 9.78 Å². The van der Waals surface area contributed by atoms with Crippen LogP contribution in [0.25, 0.3) is 0 Å². The Balaban J connectivity index is 2.42. The molecule has 2 N–H and O–H groups in total. The van der Waals surface area contributed by atoms with Gasteiger partial charge >= 0.3 is 11.9 Å². The fourth-order valence-corrected chi connectivity index (χ4v) is 2.13. The molecule has 2 rings (SSSR count). The summed E-state index contributed by atoms with van der Waals surface area (Å²) in [7, 11) is 0. The zero-order chi connectivity index (χ0) is 14.0. The first-order chi connectivity index (χ1) is 9.06. The van der Waals surface area contributed by atoms with Gasteiger partial charge in [0, 0.05) is 11.6 Å². The number of esters is 1.